The van der Waals surface area contributed by atoms with Crippen LogP contribution in [0.4, 0.5) is 4.79 Å². The molecule has 1 heterocycles. The second kappa shape index (κ2) is 11.3. The SMILES string of the molecule is COCCOC(=O)C1(c2ccccc2OCCOC)CCN(C(=O)OC(C)(C)C)CC1. The molecule has 1 aliphatic heterocycles. The van der Waals surface area contributed by atoms with Gasteiger partial charge < -0.3 is 28.6 Å². The summed E-state index contributed by atoms with van der Waals surface area (Å²) < 4.78 is 27.1. The van der Waals surface area contributed by atoms with E-state index in [1.807, 2.05) is 45.0 Å². The topological polar surface area (TPSA) is 83.5 Å². The maximum absolute atomic E-state index is 13.3. The molecule has 174 valence electrons. The lowest BCUT2D eigenvalue weighted by molar-refractivity contribution is -0.154. The van der Waals surface area contributed by atoms with Crippen LogP contribution in [0.1, 0.15) is 39.2 Å². The van der Waals surface area contributed by atoms with Crippen LogP contribution in [0.2, 0.25) is 0 Å². The van der Waals surface area contributed by atoms with Gasteiger partial charge in [-0.25, -0.2) is 4.79 Å². The molecule has 8 nitrogen and oxygen atoms in total. The van der Waals surface area contributed by atoms with E-state index in [9.17, 15) is 9.59 Å². The quantitative estimate of drug-likeness (QED) is 0.433. The van der Waals surface area contributed by atoms with Crippen molar-refractivity contribution in [3.63, 3.8) is 0 Å². The van der Waals surface area contributed by atoms with Crippen LogP contribution in [0.15, 0.2) is 24.3 Å². The van der Waals surface area contributed by atoms with Crippen LogP contribution in [-0.4, -0.2) is 76.3 Å². The first-order chi connectivity index (χ1) is 14.7. The standard InChI is InChI=1S/C23H35NO7/c1-22(2,3)31-21(26)24-12-10-23(11-13-24,20(25)30-17-15-28-5)18-8-6-7-9-19(18)29-16-14-27-4/h6-9H,10-17H2,1-5H3. The van der Waals surface area contributed by atoms with Crippen molar-refractivity contribution in [2.45, 2.75) is 44.6 Å². The van der Waals surface area contributed by atoms with Gasteiger partial charge in [0.25, 0.3) is 0 Å². The molecule has 0 bridgehead atoms. The number of rotatable bonds is 9. The summed E-state index contributed by atoms with van der Waals surface area (Å²) >= 11 is 0. The van der Waals surface area contributed by atoms with Crippen molar-refractivity contribution in [2.75, 3.05) is 53.7 Å². The van der Waals surface area contributed by atoms with Gasteiger partial charge in [0.1, 0.15) is 24.6 Å². The van der Waals surface area contributed by atoms with Gasteiger partial charge in [-0.2, -0.15) is 0 Å². The van der Waals surface area contributed by atoms with Crippen molar-refractivity contribution in [3.8, 4) is 5.75 Å². The average molecular weight is 438 g/mol. The summed E-state index contributed by atoms with van der Waals surface area (Å²) in [5.74, 6) is 0.283. The molecule has 31 heavy (non-hydrogen) atoms. The maximum Gasteiger partial charge on any atom is 0.410 e. The van der Waals surface area contributed by atoms with Crippen LogP contribution in [0.5, 0.6) is 5.75 Å². The van der Waals surface area contributed by atoms with Gasteiger partial charge in [0, 0.05) is 32.9 Å². The highest BCUT2D eigenvalue weighted by molar-refractivity contribution is 5.85. The number of nitrogens with zero attached hydrogens (tertiary/aromatic N) is 1. The van der Waals surface area contributed by atoms with Crippen LogP contribution in [0.3, 0.4) is 0 Å². The molecule has 1 aromatic carbocycles. The van der Waals surface area contributed by atoms with E-state index in [0.717, 1.165) is 5.56 Å². The van der Waals surface area contributed by atoms with Crippen LogP contribution in [0, 0.1) is 0 Å². The highest BCUT2D eigenvalue weighted by Crippen LogP contribution is 2.41. The zero-order chi connectivity index (χ0) is 22.9. The number of methoxy groups -OCH3 is 2. The Morgan fingerprint density at radius 2 is 1.58 bits per heavy atom. The molecule has 1 aliphatic rings. The average Bonchev–Trinajstić information content (AvgIpc) is 2.73. The van der Waals surface area contributed by atoms with E-state index in [1.54, 1.807) is 19.1 Å². The molecule has 1 saturated heterocycles. The predicted molar refractivity (Wildman–Crippen MR) is 115 cm³/mol. The van der Waals surface area contributed by atoms with Crippen LogP contribution >= 0.6 is 0 Å². The lowest BCUT2D eigenvalue weighted by atomic mass is 9.72. The van der Waals surface area contributed by atoms with Gasteiger partial charge in [0.05, 0.1) is 18.6 Å². The third-order valence-corrected chi connectivity index (χ3v) is 5.13. The fraction of sp³-hybridized carbons (Fsp3) is 0.652. The summed E-state index contributed by atoms with van der Waals surface area (Å²) in [7, 11) is 3.16. The second-order valence-corrected chi connectivity index (χ2v) is 8.52. The normalized spacial score (nSPS) is 16.0. The first-order valence-electron chi connectivity index (χ1n) is 10.6. The molecular weight excluding hydrogens is 402 g/mol. The van der Waals surface area contributed by atoms with Gasteiger partial charge in [-0.1, -0.05) is 18.2 Å². The number of hydrogen-bond donors (Lipinski definition) is 0. The van der Waals surface area contributed by atoms with Crippen LogP contribution in [-0.2, 0) is 29.2 Å². The fourth-order valence-electron chi connectivity index (χ4n) is 3.56. The zero-order valence-corrected chi connectivity index (χ0v) is 19.3. The molecule has 2 rings (SSSR count). The molecule has 0 aromatic heterocycles. The van der Waals surface area contributed by atoms with E-state index in [0.29, 0.717) is 51.5 Å². The molecule has 0 saturated carbocycles. The third kappa shape index (κ3) is 6.83. The maximum atomic E-state index is 13.3. The van der Waals surface area contributed by atoms with E-state index in [4.69, 9.17) is 23.7 Å². The molecule has 8 heteroatoms. The van der Waals surface area contributed by atoms with Crippen molar-refractivity contribution < 1.29 is 33.3 Å². The molecule has 0 spiro atoms. The first-order valence-corrected chi connectivity index (χ1v) is 10.6. The molecule has 0 atom stereocenters. The Bertz CT molecular complexity index is 721. The van der Waals surface area contributed by atoms with Gasteiger partial charge in [0.2, 0.25) is 0 Å². The molecular formula is C23H35NO7. The lowest BCUT2D eigenvalue weighted by Gasteiger charge is -2.41. The number of benzene rings is 1. The summed E-state index contributed by atoms with van der Waals surface area (Å²) in [5.41, 5.74) is -0.736. The van der Waals surface area contributed by atoms with E-state index in [-0.39, 0.29) is 18.7 Å². The predicted octanol–water partition coefficient (Wildman–Crippen LogP) is 3.17. The Morgan fingerprint density at radius 3 is 2.19 bits per heavy atom. The number of ether oxygens (including phenoxy) is 5. The molecule has 0 N–H and O–H groups in total. The van der Waals surface area contributed by atoms with Crippen molar-refractivity contribution in [1.29, 1.82) is 0 Å². The monoisotopic (exact) mass is 437 g/mol. The zero-order valence-electron chi connectivity index (χ0n) is 19.3. The van der Waals surface area contributed by atoms with Crippen molar-refractivity contribution >= 4 is 12.1 Å². The Balaban J connectivity index is 2.27. The van der Waals surface area contributed by atoms with Gasteiger partial charge in [0.15, 0.2) is 0 Å². The Hall–Kier alpha value is -2.32. The number of piperidine rings is 1. The molecule has 0 radical (unpaired) electrons. The van der Waals surface area contributed by atoms with Gasteiger partial charge >= 0.3 is 12.1 Å². The van der Waals surface area contributed by atoms with Gasteiger partial charge in [-0.3, -0.25) is 4.79 Å². The minimum atomic E-state index is -0.921. The fourth-order valence-corrected chi connectivity index (χ4v) is 3.56. The van der Waals surface area contributed by atoms with E-state index < -0.39 is 11.0 Å². The number of para-hydroxylation sites is 1. The highest BCUT2D eigenvalue weighted by atomic mass is 16.6. The van der Waals surface area contributed by atoms with E-state index in [1.165, 1.54) is 0 Å². The van der Waals surface area contributed by atoms with Gasteiger partial charge in [-0.05, 0) is 39.7 Å². The smallest absolute Gasteiger partial charge is 0.410 e. The first kappa shape index (κ1) is 24.9. The number of carbonyl (C=O) groups excluding carboxylic acids is 2. The highest BCUT2D eigenvalue weighted by Gasteiger charge is 2.47. The number of esters is 1. The van der Waals surface area contributed by atoms with Crippen LogP contribution in [0.25, 0.3) is 0 Å². The Kier molecular flexibility index (Phi) is 9.13. The van der Waals surface area contributed by atoms with Crippen molar-refractivity contribution in [3.05, 3.63) is 29.8 Å². The molecule has 0 unspecified atom stereocenters. The minimum Gasteiger partial charge on any atom is -0.491 e. The second-order valence-electron chi connectivity index (χ2n) is 8.52. The van der Waals surface area contributed by atoms with Crippen molar-refractivity contribution in [1.82, 2.24) is 4.90 Å². The summed E-state index contributed by atoms with van der Waals surface area (Å²) in [6, 6.07) is 7.48. The van der Waals surface area contributed by atoms with E-state index >= 15 is 0 Å². The molecule has 1 aromatic rings. The number of amides is 1. The largest absolute Gasteiger partial charge is 0.491 e. The summed E-state index contributed by atoms with van der Waals surface area (Å²) in [6.07, 6.45) is 0.435. The lowest BCUT2D eigenvalue weighted by Crippen LogP contribution is -2.51. The van der Waals surface area contributed by atoms with Gasteiger partial charge in [-0.15, -0.1) is 0 Å². The third-order valence-electron chi connectivity index (χ3n) is 5.13. The minimum absolute atomic E-state index is 0.166. The number of carbonyl (C=O) groups is 2. The number of hydrogen-bond acceptors (Lipinski definition) is 7. The molecule has 1 amide bonds. The summed E-state index contributed by atoms with van der Waals surface area (Å²) in [6.45, 7) is 7.54. The van der Waals surface area contributed by atoms with Crippen molar-refractivity contribution in [2.24, 2.45) is 0 Å². The Morgan fingerprint density at radius 1 is 0.968 bits per heavy atom. The molecule has 0 aliphatic carbocycles. The summed E-state index contributed by atoms with van der Waals surface area (Å²) in [4.78, 5) is 27.4. The number of likely N-dealkylation sites (tertiary alicyclic amines) is 1. The summed E-state index contributed by atoms with van der Waals surface area (Å²) in [5, 5.41) is 0. The molecule has 1 fully saturated rings. The van der Waals surface area contributed by atoms with E-state index in [2.05, 4.69) is 0 Å². The Labute approximate surface area is 184 Å². The van der Waals surface area contributed by atoms with Crippen LogP contribution < -0.4 is 4.74 Å².